The van der Waals surface area contributed by atoms with Crippen molar-refractivity contribution in [3.63, 3.8) is 0 Å². The minimum atomic E-state index is -3.74. The molecule has 0 aromatic heterocycles. The normalized spacial score (nSPS) is 11.3. The van der Waals surface area contributed by atoms with E-state index in [0.29, 0.717) is 5.56 Å². The van der Waals surface area contributed by atoms with Crippen molar-refractivity contribution in [1.82, 2.24) is 4.72 Å². The summed E-state index contributed by atoms with van der Waals surface area (Å²) in [6.07, 6.45) is 0. The number of Topliss-reactive ketones (excluding diaryl/α,β-unsaturated/α-hetero) is 1. The predicted molar refractivity (Wildman–Crippen MR) is 103 cm³/mol. The first kappa shape index (κ1) is 21.1. The molecule has 27 heavy (non-hydrogen) atoms. The van der Waals surface area contributed by atoms with E-state index in [1.54, 1.807) is 0 Å². The highest BCUT2D eigenvalue weighted by atomic mass is 35.5. The third-order valence-corrected chi connectivity index (χ3v) is 5.77. The molecule has 0 atom stereocenters. The maximum Gasteiger partial charge on any atom is 0.340 e. The number of carbonyl (C=O) groups is 2. The zero-order valence-electron chi connectivity index (χ0n) is 15.4. The molecular formula is C19H20ClNO5S. The van der Waals surface area contributed by atoms with E-state index in [1.807, 2.05) is 32.9 Å². The largest absolute Gasteiger partial charge is 0.454 e. The van der Waals surface area contributed by atoms with Crippen LogP contribution < -0.4 is 4.72 Å². The van der Waals surface area contributed by atoms with Gasteiger partial charge in [0.05, 0.1) is 15.5 Å². The molecule has 2 aromatic carbocycles. The summed E-state index contributed by atoms with van der Waals surface area (Å²) >= 11 is 5.98. The van der Waals surface area contributed by atoms with Crippen LogP contribution in [-0.2, 0) is 14.8 Å². The predicted octanol–water partition coefficient (Wildman–Crippen LogP) is 3.21. The zero-order chi connectivity index (χ0) is 20.4. The molecule has 2 aromatic rings. The molecule has 0 saturated carbocycles. The Morgan fingerprint density at radius 3 is 2.22 bits per heavy atom. The number of ether oxygens (including phenoxy) is 1. The van der Waals surface area contributed by atoms with Crippen LogP contribution in [0.5, 0.6) is 0 Å². The van der Waals surface area contributed by atoms with Gasteiger partial charge in [-0.3, -0.25) is 4.79 Å². The van der Waals surface area contributed by atoms with Gasteiger partial charge in [0.25, 0.3) is 0 Å². The summed E-state index contributed by atoms with van der Waals surface area (Å²) in [5, 5.41) is 0.0326. The standard InChI is InChI=1S/C19H20ClNO5S/c1-11-7-12(2)18(13(3)8-11)17(22)10-26-19(23)15-9-14(5-6-16(15)20)27(24,25)21-4/h5-9,21H,10H2,1-4H3. The van der Waals surface area contributed by atoms with Crippen LogP contribution in [0.4, 0.5) is 0 Å². The second-order valence-electron chi connectivity index (χ2n) is 6.12. The molecule has 0 aliphatic carbocycles. The Hall–Kier alpha value is -2.22. The fourth-order valence-corrected chi connectivity index (χ4v) is 3.80. The summed E-state index contributed by atoms with van der Waals surface area (Å²) in [5.41, 5.74) is 3.01. The molecule has 8 heteroatoms. The zero-order valence-corrected chi connectivity index (χ0v) is 17.0. The van der Waals surface area contributed by atoms with Crippen molar-refractivity contribution in [3.05, 3.63) is 63.2 Å². The van der Waals surface area contributed by atoms with Gasteiger partial charge in [-0.25, -0.2) is 17.9 Å². The molecular weight excluding hydrogens is 390 g/mol. The van der Waals surface area contributed by atoms with Crippen molar-refractivity contribution in [3.8, 4) is 0 Å². The van der Waals surface area contributed by atoms with Crippen molar-refractivity contribution in [2.45, 2.75) is 25.7 Å². The van der Waals surface area contributed by atoms with Crippen LogP contribution in [0.2, 0.25) is 5.02 Å². The number of halogens is 1. The lowest BCUT2D eigenvalue weighted by atomic mass is 9.97. The molecule has 2 rings (SSSR count). The van der Waals surface area contributed by atoms with Gasteiger partial charge >= 0.3 is 5.97 Å². The van der Waals surface area contributed by atoms with E-state index in [9.17, 15) is 18.0 Å². The SMILES string of the molecule is CNS(=O)(=O)c1ccc(Cl)c(C(=O)OCC(=O)c2c(C)cc(C)cc2C)c1. The van der Waals surface area contributed by atoms with E-state index < -0.39 is 22.6 Å². The van der Waals surface area contributed by atoms with Crippen LogP contribution in [0.15, 0.2) is 35.2 Å². The van der Waals surface area contributed by atoms with E-state index in [0.717, 1.165) is 22.8 Å². The average Bonchev–Trinajstić information content (AvgIpc) is 2.59. The Labute approximate surface area is 163 Å². The highest BCUT2D eigenvalue weighted by Gasteiger charge is 2.20. The van der Waals surface area contributed by atoms with Gasteiger partial charge in [0, 0.05) is 5.56 Å². The lowest BCUT2D eigenvalue weighted by Gasteiger charge is -2.11. The molecule has 0 spiro atoms. The number of nitrogens with one attached hydrogen (secondary N) is 1. The molecule has 0 aliphatic rings. The molecule has 0 aliphatic heterocycles. The van der Waals surface area contributed by atoms with Crippen LogP contribution in [-0.4, -0.2) is 33.8 Å². The van der Waals surface area contributed by atoms with Gasteiger partial charge in [0.15, 0.2) is 6.61 Å². The van der Waals surface area contributed by atoms with Crippen LogP contribution in [0, 0.1) is 20.8 Å². The Kier molecular flexibility index (Phi) is 6.41. The molecule has 0 heterocycles. The molecule has 0 radical (unpaired) electrons. The lowest BCUT2D eigenvalue weighted by molar-refractivity contribution is 0.0474. The van der Waals surface area contributed by atoms with Crippen LogP contribution >= 0.6 is 11.6 Å². The number of hydrogen-bond donors (Lipinski definition) is 1. The summed E-state index contributed by atoms with van der Waals surface area (Å²) in [6, 6.07) is 7.44. The molecule has 0 fully saturated rings. The molecule has 0 bridgehead atoms. The summed E-state index contributed by atoms with van der Waals surface area (Å²) in [5.74, 6) is -1.21. The molecule has 0 saturated heterocycles. The number of rotatable bonds is 6. The van der Waals surface area contributed by atoms with Crippen LogP contribution in [0.1, 0.15) is 37.4 Å². The Morgan fingerprint density at radius 1 is 1.07 bits per heavy atom. The third kappa shape index (κ3) is 4.74. The van der Waals surface area contributed by atoms with E-state index in [4.69, 9.17) is 16.3 Å². The van der Waals surface area contributed by atoms with Gasteiger partial charge in [-0.15, -0.1) is 0 Å². The summed E-state index contributed by atoms with van der Waals surface area (Å²) < 4.78 is 31.0. The highest BCUT2D eigenvalue weighted by molar-refractivity contribution is 7.89. The molecule has 1 N–H and O–H groups in total. The summed E-state index contributed by atoms with van der Waals surface area (Å²) in [7, 11) is -2.49. The minimum absolute atomic E-state index is 0.0326. The van der Waals surface area contributed by atoms with Crippen molar-refractivity contribution in [1.29, 1.82) is 0 Å². The van der Waals surface area contributed by atoms with E-state index in [1.165, 1.54) is 19.2 Å². The van der Waals surface area contributed by atoms with Crippen molar-refractivity contribution in [2.24, 2.45) is 0 Å². The minimum Gasteiger partial charge on any atom is -0.454 e. The van der Waals surface area contributed by atoms with Gasteiger partial charge in [-0.05, 0) is 57.1 Å². The first-order valence-electron chi connectivity index (χ1n) is 8.08. The van der Waals surface area contributed by atoms with Gasteiger partial charge < -0.3 is 4.74 Å². The molecule has 0 amide bonds. The highest BCUT2D eigenvalue weighted by Crippen LogP contribution is 2.22. The number of sulfonamides is 1. The summed E-state index contributed by atoms with van der Waals surface area (Å²) in [4.78, 5) is 24.7. The summed E-state index contributed by atoms with van der Waals surface area (Å²) in [6.45, 7) is 5.10. The maximum atomic E-state index is 12.5. The Balaban J connectivity index is 2.22. The fourth-order valence-electron chi connectivity index (χ4n) is 2.85. The van der Waals surface area contributed by atoms with Crippen LogP contribution in [0.3, 0.4) is 0 Å². The first-order valence-corrected chi connectivity index (χ1v) is 9.94. The third-order valence-electron chi connectivity index (χ3n) is 4.03. The van der Waals surface area contributed by atoms with E-state index in [-0.39, 0.29) is 21.3 Å². The van der Waals surface area contributed by atoms with Gasteiger partial charge in [-0.2, -0.15) is 0 Å². The van der Waals surface area contributed by atoms with Crippen molar-refractivity contribution < 1.29 is 22.7 Å². The van der Waals surface area contributed by atoms with Crippen molar-refractivity contribution in [2.75, 3.05) is 13.7 Å². The van der Waals surface area contributed by atoms with Crippen LogP contribution in [0.25, 0.3) is 0 Å². The van der Waals surface area contributed by atoms with Crippen molar-refractivity contribution >= 4 is 33.4 Å². The quantitative estimate of drug-likeness (QED) is 0.584. The van der Waals surface area contributed by atoms with E-state index in [2.05, 4.69) is 4.72 Å². The number of carbonyl (C=O) groups excluding carboxylic acids is 2. The molecule has 0 unspecified atom stereocenters. The number of esters is 1. The van der Waals surface area contributed by atoms with Gasteiger partial charge in [0.1, 0.15) is 0 Å². The number of aryl methyl sites for hydroxylation is 3. The fraction of sp³-hybridized carbons (Fsp3) is 0.263. The van der Waals surface area contributed by atoms with Gasteiger partial charge in [-0.1, -0.05) is 29.3 Å². The monoisotopic (exact) mass is 409 g/mol. The van der Waals surface area contributed by atoms with E-state index >= 15 is 0 Å². The number of benzene rings is 2. The number of hydrogen-bond acceptors (Lipinski definition) is 5. The van der Waals surface area contributed by atoms with Gasteiger partial charge in [0.2, 0.25) is 15.8 Å². The average molecular weight is 410 g/mol. The Morgan fingerprint density at radius 2 is 1.67 bits per heavy atom. The number of ketones is 1. The molecule has 6 nitrogen and oxygen atoms in total. The topological polar surface area (TPSA) is 89.5 Å². The maximum absolute atomic E-state index is 12.5. The smallest absolute Gasteiger partial charge is 0.340 e. The lowest BCUT2D eigenvalue weighted by Crippen LogP contribution is -2.20. The second kappa shape index (κ2) is 8.21. The first-order chi connectivity index (χ1) is 12.6. The second-order valence-corrected chi connectivity index (χ2v) is 8.42. The molecule has 144 valence electrons. The Bertz CT molecular complexity index is 992.